The van der Waals surface area contributed by atoms with Crippen LogP contribution in [0.3, 0.4) is 0 Å². The average molecular weight is 303 g/mol. The van der Waals surface area contributed by atoms with Crippen molar-refractivity contribution in [2.75, 3.05) is 20.3 Å². The monoisotopic (exact) mass is 303 g/mol. The van der Waals surface area contributed by atoms with Crippen LogP contribution in [0.1, 0.15) is 51.0 Å². The zero-order valence-corrected chi connectivity index (χ0v) is 14.0. The minimum atomic E-state index is 0.722. The first-order valence-electron chi connectivity index (χ1n) is 8.52. The van der Waals surface area contributed by atoms with Gasteiger partial charge in [-0.1, -0.05) is 30.7 Å². The maximum Gasteiger partial charge on any atom is 0.165 e. The molecule has 0 radical (unpaired) electrons. The fourth-order valence-corrected chi connectivity index (χ4v) is 2.83. The summed E-state index contributed by atoms with van der Waals surface area (Å²) in [6, 6.07) is 6.10. The van der Waals surface area contributed by atoms with E-state index >= 15 is 0 Å². The minimum absolute atomic E-state index is 0.722. The van der Waals surface area contributed by atoms with Gasteiger partial charge in [0.05, 0.1) is 13.7 Å². The molecule has 0 amide bonds. The van der Waals surface area contributed by atoms with Crippen LogP contribution < -0.4 is 14.8 Å². The molecule has 3 heteroatoms. The summed E-state index contributed by atoms with van der Waals surface area (Å²) in [4.78, 5) is 0. The lowest BCUT2D eigenvalue weighted by Crippen LogP contribution is -2.16. The molecule has 0 spiro atoms. The number of rotatable bonds is 9. The molecule has 1 aromatic rings. The Morgan fingerprint density at radius 1 is 1.23 bits per heavy atom. The summed E-state index contributed by atoms with van der Waals surface area (Å²) in [6.45, 7) is 4.69. The van der Waals surface area contributed by atoms with Gasteiger partial charge in [0.25, 0.3) is 0 Å². The molecule has 1 N–H and O–H groups in total. The third-order valence-electron chi connectivity index (χ3n) is 4.05. The first kappa shape index (κ1) is 16.9. The van der Waals surface area contributed by atoms with Gasteiger partial charge in [0.15, 0.2) is 11.5 Å². The minimum Gasteiger partial charge on any atom is -0.493 e. The molecule has 0 aromatic heterocycles. The van der Waals surface area contributed by atoms with Crippen molar-refractivity contribution in [3.05, 3.63) is 35.4 Å². The second kappa shape index (κ2) is 9.52. The fourth-order valence-electron chi connectivity index (χ4n) is 2.83. The Morgan fingerprint density at radius 3 is 2.86 bits per heavy atom. The van der Waals surface area contributed by atoms with Gasteiger partial charge in [-0.2, -0.15) is 0 Å². The Morgan fingerprint density at radius 2 is 2.14 bits per heavy atom. The van der Waals surface area contributed by atoms with Gasteiger partial charge in [0, 0.05) is 12.1 Å². The summed E-state index contributed by atoms with van der Waals surface area (Å²) in [5, 5.41) is 3.54. The Bertz CT molecular complexity index is 482. The Hall–Kier alpha value is -1.48. The number of hydrogen-bond donors (Lipinski definition) is 1. The standard InChI is InChI=1S/C19H29NO2/c1-3-14-22-19-17(10-7-11-18(19)21-2)15-20-13-12-16-8-5-4-6-9-16/h7-8,10-11,20H,3-6,9,12-15H2,1-2H3. The Labute approximate surface area is 134 Å². The molecule has 0 saturated heterocycles. The van der Waals surface area contributed by atoms with Crippen molar-refractivity contribution in [2.45, 2.75) is 52.0 Å². The molecule has 0 fully saturated rings. The average Bonchev–Trinajstić information content (AvgIpc) is 2.58. The third kappa shape index (κ3) is 5.06. The highest BCUT2D eigenvalue weighted by molar-refractivity contribution is 5.46. The van der Waals surface area contributed by atoms with Gasteiger partial charge in [-0.05, 0) is 51.1 Å². The summed E-state index contributed by atoms with van der Waals surface area (Å²) in [7, 11) is 1.70. The summed E-state index contributed by atoms with van der Waals surface area (Å²) in [6.07, 6.45) is 9.85. The number of ether oxygens (including phenoxy) is 2. The van der Waals surface area contributed by atoms with Crippen LogP contribution in [-0.4, -0.2) is 20.3 Å². The normalized spacial score (nSPS) is 14.5. The van der Waals surface area contributed by atoms with Crippen molar-refractivity contribution in [3.8, 4) is 11.5 Å². The van der Waals surface area contributed by atoms with Crippen LogP contribution >= 0.6 is 0 Å². The zero-order valence-electron chi connectivity index (χ0n) is 14.0. The van der Waals surface area contributed by atoms with E-state index in [9.17, 15) is 0 Å². The smallest absolute Gasteiger partial charge is 0.165 e. The van der Waals surface area contributed by atoms with Crippen LogP contribution in [-0.2, 0) is 6.54 Å². The van der Waals surface area contributed by atoms with Gasteiger partial charge in [0.2, 0.25) is 0 Å². The van der Waals surface area contributed by atoms with E-state index in [0.29, 0.717) is 0 Å². The van der Waals surface area contributed by atoms with Gasteiger partial charge in [0.1, 0.15) is 0 Å². The molecule has 0 bridgehead atoms. The van der Waals surface area contributed by atoms with Gasteiger partial charge in [-0.3, -0.25) is 0 Å². The predicted molar refractivity (Wildman–Crippen MR) is 91.7 cm³/mol. The van der Waals surface area contributed by atoms with Gasteiger partial charge < -0.3 is 14.8 Å². The molecule has 1 aromatic carbocycles. The lowest BCUT2D eigenvalue weighted by atomic mass is 9.97. The molecule has 1 aliphatic carbocycles. The van der Waals surface area contributed by atoms with Crippen molar-refractivity contribution in [1.29, 1.82) is 0 Å². The molecule has 22 heavy (non-hydrogen) atoms. The van der Waals surface area contributed by atoms with Crippen LogP contribution in [0, 0.1) is 0 Å². The lowest BCUT2D eigenvalue weighted by Gasteiger charge is -2.16. The van der Waals surface area contributed by atoms with E-state index in [1.54, 1.807) is 12.7 Å². The Kier molecular flexibility index (Phi) is 7.31. The SMILES string of the molecule is CCCOc1c(CNCCC2=CCCCC2)cccc1OC. The van der Waals surface area contributed by atoms with E-state index in [4.69, 9.17) is 9.47 Å². The second-order valence-corrected chi connectivity index (χ2v) is 5.83. The number of benzene rings is 1. The number of nitrogens with one attached hydrogen (secondary N) is 1. The highest BCUT2D eigenvalue weighted by Crippen LogP contribution is 2.31. The van der Waals surface area contributed by atoms with E-state index < -0.39 is 0 Å². The first-order valence-corrected chi connectivity index (χ1v) is 8.52. The molecule has 0 aliphatic heterocycles. The second-order valence-electron chi connectivity index (χ2n) is 5.83. The van der Waals surface area contributed by atoms with Crippen LogP contribution in [0.15, 0.2) is 29.8 Å². The predicted octanol–water partition coefficient (Wildman–Crippen LogP) is 4.46. The van der Waals surface area contributed by atoms with Crippen molar-refractivity contribution in [1.82, 2.24) is 5.32 Å². The molecular formula is C19H29NO2. The van der Waals surface area contributed by atoms with E-state index in [2.05, 4.69) is 24.4 Å². The van der Waals surface area contributed by atoms with E-state index in [-0.39, 0.29) is 0 Å². The fraction of sp³-hybridized carbons (Fsp3) is 0.579. The van der Waals surface area contributed by atoms with Crippen molar-refractivity contribution >= 4 is 0 Å². The van der Waals surface area contributed by atoms with Gasteiger partial charge in [-0.25, -0.2) is 0 Å². The van der Waals surface area contributed by atoms with Gasteiger partial charge >= 0.3 is 0 Å². The molecule has 0 saturated carbocycles. The largest absolute Gasteiger partial charge is 0.493 e. The molecule has 2 rings (SSSR count). The number of para-hydroxylation sites is 1. The molecular weight excluding hydrogens is 274 g/mol. The molecule has 122 valence electrons. The third-order valence-corrected chi connectivity index (χ3v) is 4.05. The van der Waals surface area contributed by atoms with Gasteiger partial charge in [-0.15, -0.1) is 0 Å². The number of methoxy groups -OCH3 is 1. The Balaban J connectivity index is 1.86. The topological polar surface area (TPSA) is 30.5 Å². The molecule has 3 nitrogen and oxygen atoms in total. The van der Waals surface area contributed by atoms with Crippen LogP contribution in [0.2, 0.25) is 0 Å². The molecule has 0 unspecified atom stereocenters. The maximum absolute atomic E-state index is 5.88. The highest BCUT2D eigenvalue weighted by atomic mass is 16.5. The summed E-state index contributed by atoms with van der Waals surface area (Å²) in [5.41, 5.74) is 2.79. The molecule has 1 aliphatic rings. The zero-order chi connectivity index (χ0) is 15.6. The molecule has 0 heterocycles. The summed E-state index contributed by atoms with van der Waals surface area (Å²) < 4.78 is 11.3. The van der Waals surface area contributed by atoms with Crippen LogP contribution in [0.25, 0.3) is 0 Å². The van der Waals surface area contributed by atoms with Crippen LogP contribution in [0.4, 0.5) is 0 Å². The van der Waals surface area contributed by atoms with Crippen molar-refractivity contribution in [3.63, 3.8) is 0 Å². The van der Waals surface area contributed by atoms with Crippen molar-refractivity contribution in [2.24, 2.45) is 0 Å². The first-order chi connectivity index (χ1) is 10.8. The number of hydrogen-bond acceptors (Lipinski definition) is 3. The van der Waals surface area contributed by atoms with Crippen LogP contribution in [0.5, 0.6) is 11.5 Å². The summed E-state index contributed by atoms with van der Waals surface area (Å²) in [5.74, 6) is 1.71. The van der Waals surface area contributed by atoms with E-state index in [1.165, 1.54) is 31.2 Å². The number of allylic oxidation sites excluding steroid dienone is 1. The highest BCUT2D eigenvalue weighted by Gasteiger charge is 2.10. The maximum atomic E-state index is 5.88. The summed E-state index contributed by atoms with van der Waals surface area (Å²) >= 11 is 0. The van der Waals surface area contributed by atoms with E-state index in [1.807, 2.05) is 12.1 Å². The molecule has 0 atom stereocenters. The van der Waals surface area contributed by atoms with Crippen molar-refractivity contribution < 1.29 is 9.47 Å². The van der Waals surface area contributed by atoms with E-state index in [0.717, 1.165) is 44.0 Å². The quantitative estimate of drug-likeness (QED) is 0.539. The lowest BCUT2D eigenvalue weighted by molar-refractivity contribution is 0.290.